The summed E-state index contributed by atoms with van der Waals surface area (Å²) in [5.41, 5.74) is 1.09. The van der Waals surface area contributed by atoms with Crippen LogP contribution in [0, 0.1) is 0 Å². The van der Waals surface area contributed by atoms with Gasteiger partial charge in [-0.05, 0) is 18.6 Å². The van der Waals surface area contributed by atoms with Crippen molar-refractivity contribution in [3.63, 3.8) is 0 Å². The average Bonchev–Trinajstić information content (AvgIpc) is 2.58. The van der Waals surface area contributed by atoms with Crippen LogP contribution < -0.4 is 10.6 Å². The molecule has 1 amide bonds. The SMILES string of the molecule is CCOCCNC(=NC)NCCC(=O)N(C)Cc1ccccc1Br. The Bertz CT molecular complexity index is 537. The topological polar surface area (TPSA) is 66.0 Å². The maximum absolute atomic E-state index is 12.2. The van der Waals surface area contributed by atoms with Crippen LogP contribution in [0.3, 0.4) is 0 Å². The standard InChI is InChI=1S/C17H27BrN4O2/c1-4-24-12-11-21-17(19-2)20-10-9-16(23)22(3)13-14-7-5-6-8-15(14)18/h5-8H,4,9-13H2,1-3H3,(H2,19,20,21). The van der Waals surface area contributed by atoms with E-state index in [0.717, 1.165) is 10.0 Å². The van der Waals surface area contributed by atoms with Crippen molar-refractivity contribution >= 4 is 27.8 Å². The lowest BCUT2D eigenvalue weighted by Crippen LogP contribution is -2.40. The minimum absolute atomic E-state index is 0.0861. The summed E-state index contributed by atoms with van der Waals surface area (Å²) in [5, 5.41) is 6.27. The van der Waals surface area contributed by atoms with Gasteiger partial charge in [-0.3, -0.25) is 9.79 Å². The van der Waals surface area contributed by atoms with Crippen molar-refractivity contribution in [3.05, 3.63) is 34.3 Å². The minimum Gasteiger partial charge on any atom is -0.380 e. The van der Waals surface area contributed by atoms with E-state index in [1.807, 2.05) is 38.2 Å². The molecule has 2 N–H and O–H groups in total. The Morgan fingerprint density at radius 1 is 1.29 bits per heavy atom. The number of nitrogens with zero attached hydrogens (tertiary/aromatic N) is 2. The first-order chi connectivity index (χ1) is 11.6. The van der Waals surface area contributed by atoms with Crippen LogP contribution in [-0.2, 0) is 16.1 Å². The van der Waals surface area contributed by atoms with Crippen LogP contribution >= 0.6 is 15.9 Å². The molecule has 0 atom stereocenters. The highest BCUT2D eigenvalue weighted by Crippen LogP contribution is 2.17. The summed E-state index contributed by atoms with van der Waals surface area (Å²) in [5.74, 6) is 0.763. The summed E-state index contributed by atoms with van der Waals surface area (Å²) in [7, 11) is 3.52. The second-order valence-electron chi connectivity index (χ2n) is 5.21. The van der Waals surface area contributed by atoms with Gasteiger partial charge in [-0.2, -0.15) is 0 Å². The molecule has 24 heavy (non-hydrogen) atoms. The summed E-state index contributed by atoms with van der Waals surface area (Å²) in [4.78, 5) is 18.1. The van der Waals surface area contributed by atoms with Gasteiger partial charge in [0.05, 0.1) is 6.61 Å². The average molecular weight is 399 g/mol. The Morgan fingerprint density at radius 2 is 2.00 bits per heavy atom. The van der Waals surface area contributed by atoms with E-state index in [1.54, 1.807) is 11.9 Å². The van der Waals surface area contributed by atoms with E-state index in [-0.39, 0.29) is 5.91 Å². The molecule has 7 heteroatoms. The van der Waals surface area contributed by atoms with Gasteiger partial charge in [0.15, 0.2) is 5.96 Å². The first-order valence-corrected chi connectivity index (χ1v) is 8.87. The van der Waals surface area contributed by atoms with E-state index in [1.165, 1.54) is 0 Å². The molecular formula is C17H27BrN4O2. The number of hydrogen-bond donors (Lipinski definition) is 2. The fourth-order valence-electron chi connectivity index (χ4n) is 2.06. The second kappa shape index (κ2) is 11.9. The Hall–Kier alpha value is -1.60. The number of aliphatic imine (C=N–C) groups is 1. The molecule has 1 aromatic rings. The van der Waals surface area contributed by atoms with Gasteiger partial charge in [0.1, 0.15) is 0 Å². The fraction of sp³-hybridized carbons (Fsp3) is 0.529. The Balaban J connectivity index is 2.30. The molecule has 0 aliphatic heterocycles. The summed E-state index contributed by atoms with van der Waals surface area (Å²) in [6.07, 6.45) is 0.410. The van der Waals surface area contributed by atoms with Gasteiger partial charge in [-0.25, -0.2) is 0 Å². The highest BCUT2D eigenvalue weighted by Gasteiger charge is 2.10. The number of guanidine groups is 1. The Morgan fingerprint density at radius 3 is 2.67 bits per heavy atom. The van der Waals surface area contributed by atoms with Gasteiger partial charge >= 0.3 is 0 Å². The van der Waals surface area contributed by atoms with Crippen LogP contribution in [-0.4, -0.2) is 57.2 Å². The van der Waals surface area contributed by atoms with Crippen LogP contribution in [0.2, 0.25) is 0 Å². The predicted molar refractivity (Wildman–Crippen MR) is 101 cm³/mol. The molecular weight excluding hydrogens is 372 g/mol. The van der Waals surface area contributed by atoms with Crippen molar-refractivity contribution < 1.29 is 9.53 Å². The normalized spacial score (nSPS) is 11.2. The third kappa shape index (κ3) is 7.79. The van der Waals surface area contributed by atoms with Crippen molar-refractivity contribution in [2.24, 2.45) is 4.99 Å². The molecule has 0 aliphatic rings. The highest BCUT2D eigenvalue weighted by molar-refractivity contribution is 9.10. The minimum atomic E-state index is 0.0861. The van der Waals surface area contributed by atoms with Crippen LogP contribution in [0.25, 0.3) is 0 Å². The molecule has 0 bridgehead atoms. The molecule has 0 aromatic heterocycles. The second-order valence-corrected chi connectivity index (χ2v) is 6.07. The lowest BCUT2D eigenvalue weighted by atomic mass is 10.2. The van der Waals surface area contributed by atoms with E-state index in [9.17, 15) is 4.79 Å². The van der Waals surface area contributed by atoms with Crippen molar-refractivity contribution in [2.75, 3.05) is 40.4 Å². The zero-order chi connectivity index (χ0) is 17.8. The molecule has 0 saturated heterocycles. The van der Waals surface area contributed by atoms with Gasteiger partial charge in [0.2, 0.25) is 5.91 Å². The van der Waals surface area contributed by atoms with Crippen molar-refractivity contribution in [1.82, 2.24) is 15.5 Å². The number of carbonyl (C=O) groups excluding carboxylic acids is 1. The zero-order valence-corrected chi connectivity index (χ0v) is 16.2. The molecule has 0 spiro atoms. The number of amides is 1. The number of carbonyl (C=O) groups is 1. The van der Waals surface area contributed by atoms with E-state index >= 15 is 0 Å². The summed E-state index contributed by atoms with van der Waals surface area (Å²) >= 11 is 3.51. The predicted octanol–water partition coefficient (Wildman–Crippen LogP) is 2.00. The molecule has 0 saturated carbocycles. The highest BCUT2D eigenvalue weighted by atomic mass is 79.9. The number of benzene rings is 1. The molecule has 0 unspecified atom stereocenters. The van der Waals surface area contributed by atoms with Crippen molar-refractivity contribution in [2.45, 2.75) is 19.9 Å². The fourth-order valence-corrected chi connectivity index (χ4v) is 2.47. The molecule has 1 aromatic carbocycles. The number of ether oxygens (including phenoxy) is 1. The lowest BCUT2D eigenvalue weighted by molar-refractivity contribution is -0.130. The third-order valence-electron chi connectivity index (χ3n) is 3.39. The summed E-state index contributed by atoms with van der Waals surface area (Å²) in [6.45, 7) is 5.10. The van der Waals surface area contributed by atoms with E-state index < -0.39 is 0 Å². The first kappa shape index (κ1) is 20.4. The smallest absolute Gasteiger partial charge is 0.224 e. The summed E-state index contributed by atoms with van der Waals surface area (Å²) < 4.78 is 6.27. The Kier molecular flexibility index (Phi) is 10.1. The third-order valence-corrected chi connectivity index (χ3v) is 4.16. The summed E-state index contributed by atoms with van der Waals surface area (Å²) in [6, 6.07) is 7.92. The van der Waals surface area contributed by atoms with Gasteiger partial charge in [0, 0.05) is 51.2 Å². The molecule has 134 valence electrons. The van der Waals surface area contributed by atoms with Crippen LogP contribution in [0.15, 0.2) is 33.7 Å². The van der Waals surface area contributed by atoms with E-state index in [4.69, 9.17) is 4.74 Å². The molecule has 1 rings (SSSR count). The van der Waals surface area contributed by atoms with Crippen molar-refractivity contribution in [1.29, 1.82) is 0 Å². The van der Waals surface area contributed by atoms with E-state index in [2.05, 4.69) is 31.6 Å². The van der Waals surface area contributed by atoms with Crippen LogP contribution in [0.5, 0.6) is 0 Å². The number of rotatable bonds is 9. The van der Waals surface area contributed by atoms with Crippen LogP contribution in [0.4, 0.5) is 0 Å². The lowest BCUT2D eigenvalue weighted by Gasteiger charge is -2.19. The first-order valence-electron chi connectivity index (χ1n) is 8.08. The van der Waals surface area contributed by atoms with Gasteiger partial charge in [-0.15, -0.1) is 0 Å². The number of halogens is 1. The zero-order valence-electron chi connectivity index (χ0n) is 14.6. The number of hydrogen-bond acceptors (Lipinski definition) is 3. The molecule has 0 radical (unpaired) electrons. The Labute approximate surface area is 152 Å². The maximum atomic E-state index is 12.2. The molecule has 0 heterocycles. The quantitative estimate of drug-likeness (QED) is 0.379. The van der Waals surface area contributed by atoms with Gasteiger partial charge in [-0.1, -0.05) is 34.1 Å². The van der Waals surface area contributed by atoms with Gasteiger partial charge in [0.25, 0.3) is 0 Å². The van der Waals surface area contributed by atoms with Gasteiger partial charge < -0.3 is 20.3 Å². The molecule has 0 fully saturated rings. The largest absolute Gasteiger partial charge is 0.380 e. The monoisotopic (exact) mass is 398 g/mol. The van der Waals surface area contributed by atoms with E-state index in [0.29, 0.717) is 45.2 Å². The maximum Gasteiger partial charge on any atom is 0.224 e. The van der Waals surface area contributed by atoms with Crippen molar-refractivity contribution in [3.8, 4) is 0 Å². The van der Waals surface area contributed by atoms with Crippen LogP contribution in [0.1, 0.15) is 18.9 Å². The molecule has 6 nitrogen and oxygen atoms in total. The molecule has 0 aliphatic carbocycles. The number of nitrogens with one attached hydrogen (secondary N) is 2.